The molecule has 1 saturated carbocycles. The fraction of sp³-hybridized carbons (Fsp3) is 0.500. The first kappa shape index (κ1) is 23.6. The first-order valence-corrected chi connectivity index (χ1v) is 10.6. The Morgan fingerprint density at radius 1 is 0.774 bits per heavy atom. The Labute approximate surface area is 177 Å². The van der Waals surface area contributed by atoms with Crippen LogP contribution in [0.25, 0.3) is 11.1 Å². The summed E-state index contributed by atoms with van der Waals surface area (Å²) in [5.74, 6) is -4.91. The Hall–Kier alpha value is -2.05. The van der Waals surface area contributed by atoms with Crippen molar-refractivity contribution < 1.29 is 30.7 Å². The van der Waals surface area contributed by atoms with E-state index in [0.29, 0.717) is 36.0 Å². The fourth-order valence-electron chi connectivity index (χ4n) is 4.56. The van der Waals surface area contributed by atoms with Gasteiger partial charge in [0, 0.05) is 0 Å². The molecule has 0 amide bonds. The van der Waals surface area contributed by atoms with Crippen molar-refractivity contribution in [1.82, 2.24) is 0 Å². The number of hydrogen-bond acceptors (Lipinski definition) is 0. The van der Waals surface area contributed by atoms with Gasteiger partial charge in [0.05, 0.1) is 5.56 Å². The van der Waals surface area contributed by atoms with Gasteiger partial charge in [-0.15, -0.1) is 0 Å². The molecule has 170 valence electrons. The van der Waals surface area contributed by atoms with E-state index in [9.17, 15) is 30.7 Å². The number of alkyl halides is 3. The van der Waals surface area contributed by atoms with Crippen molar-refractivity contribution >= 4 is 0 Å². The van der Waals surface area contributed by atoms with Crippen LogP contribution in [0.4, 0.5) is 30.7 Å². The van der Waals surface area contributed by atoms with Crippen LogP contribution in [0.15, 0.2) is 24.3 Å². The molecule has 1 fully saturated rings. The van der Waals surface area contributed by atoms with Crippen LogP contribution >= 0.6 is 0 Å². The van der Waals surface area contributed by atoms with Crippen LogP contribution in [-0.2, 0) is 12.6 Å². The third kappa shape index (κ3) is 5.60. The molecule has 0 aromatic heterocycles. The van der Waals surface area contributed by atoms with Gasteiger partial charge in [0.2, 0.25) is 0 Å². The van der Waals surface area contributed by atoms with Crippen LogP contribution in [-0.4, -0.2) is 0 Å². The van der Waals surface area contributed by atoms with E-state index in [4.69, 9.17) is 0 Å². The monoisotopic (exact) mass is 446 g/mol. The van der Waals surface area contributed by atoms with Crippen molar-refractivity contribution in [3.8, 4) is 11.1 Å². The Kier molecular flexibility index (Phi) is 7.32. The minimum absolute atomic E-state index is 0.309. The molecule has 1 aliphatic rings. The molecule has 0 unspecified atom stereocenters. The van der Waals surface area contributed by atoms with Crippen LogP contribution in [0, 0.1) is 35.1 Å². The number of benzene rings is 2. The van der Waals surface area contributed by atoms with Gasteiger partial charge in [0.25, 0.3) is 0 Å². The third-order valence-electron chi connectivity index (χ3n) is 6.17. The van der Waals surface area contributed by atoms with Gasteiger partial charge >= 0.3 is 6.18 Å². The van der Waals surface area contributed by atoms with Gasteiger partial charge in [-0.3, -0.25) is 0 Å². The maximum Gasteiger partial charge on any atom is 0.422 e. The van der Waals surface area contributed by atoms with Gasteiger partial charge in [0.1, 0.15) is 28.8 Å². The predicted octanol–water partition coefficient (Wildman–Crippen LogP) is 8.47. The second kappa shape index (κ2) is 9.61. The van der Waals surface area contributed by atoms with Crippen LogP contribution in [0.2, 0.25) is 0 Å². The molecule has 1 aliphatic carbocycles. The van der Waals surface area contributed by atoms with Crippen molar-refractivity contribution in [3.63, 3.8) is 0 Å². The summed E-state index contributed by atoms with van der Waals surface area (Å²) in [7, 11) is 0. The zero-order chi connectivity index (χ0) is 22.8. The van der Waals surface area contributed by atoms with E-state index in [1.54, 1.807) is 0 Å². The Bertz CT molecular complexity index is 863. The molecule has 0 bridgehead atoms. The van der Waals surface area contributed by atoms with Crippen molar-refractivity contribution in [1.29, 1.82) is 0 Å². The molecule has 0 saturated heterocycles. The minimum atomic E-state index is -5.25. The molecule has 7 heteroatoms. The lowest BCUT2D eigenvalue weighted by Gasteiger charge is -2.28. The lowest BCUT2D eigenvalue weighted by atomic mass is 9.77. The molecule has 0 atom stereocenters. The predicted molar refractivity (Wildman–Crippen MR) is 105 cm³/mol. The van der Waals surface area contributed by atoms with Crippen molar-refractivity contribution in [2.45, 2.75) is 64.5 Å². The topological polar surface area (TPSA) is 0 Å². The number of rotatable bonds is 6. The van der Waals surface area contributed by atoms with Crippen LogP contribution < -0.4 is 0 Å². The lowest BCUT2D eigenvalue weighted by molar-refractivity contribution is -0.142. The van der Waals surface area contributed by atoms with Crippen LogP contribution in [0.1, 0.15) is 63.0 Å². The van der Waals surface area contributed by atoms with E-state index in [1.807, 2.05) is 0 Å². The largest absolute Gasteiger partial charge is 0.422 e. The van der Waals surface area contributed by atoms with Gasteiger partial charge < -0.3 is 0 Å². The summed E-state index contributed by atoms with van der Waals surface area (Å²) >= 11 is 0. The molecule has 2 aromatic carbocycles. The highest BCUT2D eigenvalue weighted by Crippen LogP contribution is 2.38. The zero-order valence-corrected chi connectivity index (χ0v) is 17.3. The van der Waals surface area contributed by atoms with Crippen LogP contribution in [0.5, 0.6) is 0 Å². The quantitative estimate of drug-likeness (QED) is 0.391. The fourth-order valence-corrected chi connectivity index (χ4v) is 4.56. The standard InChI is InChI=1S/C24H25F7/c1-2-3-4-14-5-7-15(8-6-14)9-16-10-18(25)22(19(26)11-16)17-12-20(27)23(21(28)13-17)24(29,30)31/h10-15H,2-9H2,1H3. The minimum Gasteiger partial charge on any atom is -0.206 e. The van der Waals surface area contributed by atoms with Gasteiger partial charge in [-0.2, -0.15) is 13.2 Å². The first-order chi connectivity index (χ1) is 14.6. The van der Waals surface area contributed by atoms with E-state index >= 15 is 0 Å². The molecular weight excluding hydrogens is 421 g/mol. The number of hydrogen-bond donors (Lipinski definition) is 0. The molecule has 0 N–H and O–H groups in total. The summed E-state index contributed by atoms with van der Waals surface area (Å²) in [4.78, 5) is 0. The molecular formula is C24H25F7. The highest BCUT2D eigenvalue weighted by Gasteiger charge is 2.38. The van der Waals surface area contributed by atoms with Gasteiger partial charge in [0.15, 0.2) is 0 Å². The van der Waals surface area contributed by atoms with E-state index < -0.39 is 46.1 Å². The Morgan fingerprint density at radius 2 is 1.29 bits per heavy atom. The summed E-state index contributed by atoms with van der Waals surface area (Å²) < 4.78 is 95.2. The number of unbranched alkanes of at least 4 members (excludes halogenated alkanes) is 1. The van der Waals surface area contributed by atoms with Crippen molar-refractivity contribution in [3.05, 3.63) is 58.7 Å². The molecule has 0 heterocycles. The SMILES string of the molecule is CCCCC1CCC(Cc2cc(F)c(-c3cc(F)c(C(F)(F)F)c(F)c3)c(F)c2)CC1. The van der Waals surface area contributed by atoms with Crippen molar-refractivity contribution in [2.75, 3.05) is 0 Å². The van der Waals surface area contributed by atoms with Gasteiger partial charge in [-0.25, -0.2) is 17.6 Å². The molecule has 0 spiro atoms. The van der Waals surface area contributed by atoms with Gasteiger partial charge in [-0.05, 0) is 66.5 Å². The molecule has 2 aromatic rings. The normalized spacial score (nSPS) is 19.6. The van der Waals surface area contributed by atoms with E-state index in [2.05, 4.69) is 6.92 Å². The maximum absolute atomic E-state index is 14.6. The maximum atomic E-state index is 14.6. The second-order valence-electron chi connectivity index (χ2n) is 8.48. The Morgan fingerprint density at radius 3 is 1.77 bits per heavy atom. The summed E-state index contributed by atoms with van der Waals surface area (Å²) in [5, 5.41) is 0. The highest BCUT2D eigenvalue weighted by atomic mass is 19.4. The molecule has 0 aliphatic heterocycles. The molecule has 3 rings (SSSR count). The Balaban J connectivity index is 1.77. The van der Waals surface area contributed by atoms with Crippen molar-refractivity contribution in [2.24, 2.45) is 11.8 Å². The van der Waals surface area contributed by atoms with E-state index in [-0.39, 0.29) is 0 Å². The third-order valence-corrected chi connectivity index (χ3v) is 6.17. The highest BCUT2D eigenvalue weighted by molar-refractivity contribution is 5.66. The molecule has 31 heavy (non-hydrogen) atoms. The number of halogens is 7. The summed E-state index contributed by atoms with van der Waals surface area (Å²) in [6.45, 7) is 2.16. The second-order valence-corrected chi connectivity index (χ2v) is 8.48. The summed E-state index contributed by atoms with van der Waals surface area (Å²) in [5.41, 5.74) is -2.99. The molecule has 0 radical (unpaired) electrons. The smallest absolute Gasteiger partial charge is 0.206 e. The molecule has 0 nitrogen and oxygen atoms in total. The van der Waals surface area contributed by atoms with E-state index in [1.165, 1.54) is 12.8 Å². The average Bonchev–Trinajstić information content (AvgIpc) is 2.65. The van der Waals surface area contributed by atoms with Gasteiger partial charge in [-0.1, -0.05) is 39.0 Å². The lowest BCUT2D eigenvalue weighted by Crippen LogP contribution is -2.16. The summed E-state index contributed by atoms with van der Waals surface area (Å²) in [6.07, 6.45) is 2.98. The first-order valence-electron chi connectivity index (χ1n) is 10.6. The average molecular weight is 446 g/mol. The van der Waals surface area contributed by atoms with E-state index in [0.717, 1.165) is 44.2 Å². The summed E-state index contributed by atoms with van der Waals surface area (Å²) in [6, 6.07) is 2.83. The van der Waals surface area contributed by atoms with Crippen LogP contribution in [0.3, 0.4) is 0 Å². The zero-order valence-electron chi connectivity index (χ0n) is 17.3.